The summed E-state index contributed by atoms with van der Waals surface area (Å²) in [6.45, 7) is 0. The number of benzene rings is 3. The second-order valence-corrected chi connectivity index (χ2v) is 8.09. The van der Waals surface area contributed by atoms with Crippen LogP contribution in [-0.2, 0) is 0 Å². The molecule has 0 spiro atoms. The second kappa shape index (κ2) is 7.89. The van der Waals surface area contributed by atoms with E-state index < -0.39 is 0 Å². The van der Waals surface area contributed by atoms with Gasteiger partial charge in [-0.1, -0.05) is 67.7 Å². The van der Waals surface area contributed by atoms with Crippen molar-refractivity contribution in [2.45, 2.75) is 0 Å². The minimum atomic E-state index is 0.609. The quantitative estimate of drug-likeness (QED) is 0.302. The minimum Gasteiger partial charge on any atom is -0.208 e. The molecule has 0 saturated heterocycles. The summed E-state index contributed by atoms with van der Waals surface area (Å²) in [4.78, 5) is 14.1. The molecule has 0 unspecified atom stereocenters. The molecule has 0 saturated carbocycles. The van der Waals surface area contributed by atoms with Gasteiger partial charge >= 0.3 is 0 Å². The summed E-state index contributed by atoms with van der Waals surface area (Å²) in [6.07, 6.45) is 0. The molecule has 132 valence electrons. The molecule has 0 aliphatic rings. The highest BCUT2D eigenvalue weighted by Crippen LogP contribution is 2.26. The third-order valence-electron chi connectivity index (χ3n) is 3.94. The number of hydrogen-bond acceptors (Lipinski definition) is 3. The van der Waals surface area contributed by atoms with Gasteiger partial charge in [0.15, 0.2) is 17.5 Å². The standard InChI is InChI=1S/C21H12Br2ClN3/c22-16-7-1-13(2-8-16)19-25-20(14-3-9-17(23)10-4-14)27-21(26-19)15-5-11-18(24)12-6-15/h1-12H. The largest absolute Gasteiger partial charge is 0.208 e. The van der Waals surface area contributed by atoms with Gasteiger partial charge in [0.2, 0.25) is 0 Å². The average Bonchev–Trinajstić information content (AvgIpc) is 2.69. The normalized spacial score (nSPS) is 10.8. The smallest absolute Gasteiger partial charge is 0.164 e. The average molecular weight is 502 g/mol. The fourth-order valence-corrected chi connectivity index (χ4v) is 3.21. The molecule has 0 bridgehead atoms. The highest BCUT2D eigenvalue weighted by Gasteiger charge is 2.12. The molecule has 6 heteroatoms. The summed E-state index contributed by atoms with van der Waals surface area (Å²) in [5, 5.41) is 0.675. The molecule has 4 rings (SSSR count). The Balaban J connectivity index is 1.89. The van der Waals surface area contributed by atoms with E-state index in [1.54, 1.807) is 0 Å². The molecular weight excluding hydrogens is 490 g/mol. The Bertz CT molecular complexity index is 926. The zero-order chi connectivity index (χ0) is 18.8. The number of aromatic nitrogens is 3. The lowest BCUT2D eigenvalue weighted by Crippen LogP contribution is -2.00. The zero-order valence-corrected chi connectivity index (χ0v) is 17.8. The molecule has 1 aromatic heterocycles. The molecule has 0 aliphatic carbocycles. The van der Waals surface area contributed by atoms with Crippen LogP contribution in [0.1, 0.15) is 0 Å². The van der Waals surface area contributed by atoms with E-state index in [-0.39, 0.29) is 0 Å². The SMILES string of the molecule is Clc1ccc(-c2nc(-c3ccc(Br)cc3)nc(-c3ccc(Br)cc3)n2)cc1. The molecule has 27 heavy (non-hydrogen) atoms. The number of halogens is 3. The maximum absolute atomic E-state index is 6.02. The highest BCUT2D eigenvalue weighted by atomic mass is 79.9. The molecule has 3 aromatic carbocycles. The summed E-state index contributed by atoms with van der Waals surface area (Å²) in [5.41, 5.74) is 2.74. The molecule has 0 amide bonds. The van der Waals surface area contributed by atoms with Gasteiger partial charge < -0.3 is 0 Å². The number of hydrogen-bond donors (Lipinski definition) is 0. The van der Waals surface area contributed by atoms with E-state index in [2.05, 4.69) is 41.8 Å². The predicted octanol–water partition coefficient (Wildman–Crippen LogP) is 7.05. The van der Waals surface area contributed by atoms with Crippen LogP contribution in [0.15, 0.2) is 81.7 Å². The monoisotopic (exact) mass is 499 g/mol. The van der Waals surface area contributed by atoms with Gasteiger partial charge in [-0.05, 0) is 48.5 Å². The first-order valence-corrected chi connectivity index (χ1v) is 10.1. The Morgan fingerprint density at radius 3 is 1.11 bits per heavy atom. The fourth-order valence-electron chi connectivity index (χ4n) is 2.56. The van der Waals surface area contributed by atoms with Crippen LogP contribution in [0.5, 0.6) is 0 Å². The molecule has 1 heterocycles. The Kier molecular flexibility index (Phi) is 5.34. The maximum atomic E-state index is 6.02. The molecule has 0 N–H and O–H groups in total. The lowest BCUT2D eigenvalue weighted by molar-refractivity contribution is 1.07. The van der Waals surface area contributed by atoms with Gasteiger partial charge in [-0.25, -0.2) is 15.0 Å². The van der Waals surface area contributed by atoms with E-state index in [4.69, 9.17) is 16.6 Å². The molecule has 0 radical (unpaired) electrons. The van der Waals surface area contributed by atoms with Crippen LogP contribution >= 0.6 is 43.5 Å². The first kappa shape index (κ1) is 18.3. The van der Waals surface area contributed by atoms with Crippen LogP contribution in [0.25, 0.3) is 34.2 Å². The first-order chi connectivity index (χ1) is 13.1. The van der Waals surface area contributed by atoms with Gasteiger partial charge in [0, 0.05) is 30.7 Å². The second-order valence-electron chi connectivity index (χ2n) is 5.83. The minimum absolute atomic E-state index is 0.609. The van der Waals surface area contributed by atoms with Gasteiger partial charge in [-0.2, -0.15) is 0 Å². The van der Waals surface area contributed by atoms with Crippen molar-refractivity contribution in [3.05, 3.63) is 86.8 Å². The van der Waals surface area contributed by atoms with Crippen molar-refractivity contribution in [3.8, 4) is 34.2 Å². The summed E-state index contributed by atoms with van der Waals surface area (Å²) in [6, 6.07) is 23.3. The van der Waals surface area contributed by atoms with E-state index in [0.29, 0.717) is 22.5 Å². The Labute approximate surface area is 178 Å². The molecule has 4 aromatic rings. The molecule has 0 atom stereocenters. The topological polar surface area (TPSA) is 38.7 Å². The van der Waals surface area contributed by atoms with Crippen molar-refractivity contribution in [1.29, 1.82) is 0 Å². The van der Waals surface area contributed by atoms with Crippen molar-refractivity contribution in [2.24, 2.45) is 0 Å². The summed E-state index contributed by atoms with van der Waals surface area (Å²) >= 11 is 12.9. The summed E-state index contributed by atoms with van der Waals surface area (Å²) in [7, 11) is 0. The number of rotatable bonds is 3. The molecule has 0 aliphatic heterocycles. The molecular formula is C21H12Br2ClN3. The van der Waals surface area contributed by atoms with Crippen molar-refractivity contribution in [1.82, 2.24) is 15.0 Å². The van der Waals surface area contributed by atoms with E-state index in [9.17, 15) is 0 Å². The van der Waals surface area contributed by atoms with Crippen LogP contribution in [0.3, 0.4) is 0 Å². The van der Waals surface area contributed by atoms with Crippen LogP contribution in [-0.4, -0.2) is 15.0 Å². The predicted molar refractivity (Wildman–Crippen MR) is 117 cm³/mol. The third-order valence-corrected chi connectivity index (χ3v) is 5.25. The summed E-state index contributed by atoms with van der Waals surface area (Å²) in [5.74, 6) is 1.86. The van der Waals surface area contributed by atoms with Gasteiger partial charge in [-0.3, -0.25) is 0 Å². The lowest BCUT2D eigenvalue weighted by atomic mass is 10.1. The molecule has 0 fully saturated rings. The van der Waals surface area contributed by atoms with Crippen LogP contribution in [0.2, 0.25) is 5.02 Å². The van der Waals surface area contributed by atoms with Gasteiger partial charge in [0.05, 0.1) is 0 Å². The lowest BCUT2D eigenvalue weighted by Gasteiger charge is -2.08. The Morgan fingerprint density at radius 1 is 0.481 bits per heavy atom. The van der Waals surface area contributed by atoms with Gasteiger partial charge in [0.25, 0.3) is 0 Å². The third kappa shape index (κ3) is 4.26. The van der Waals surface area contributed by atoms with Gasteiger partial charge in [0.1, 0.15) is 0 Å². The van der Waals surface area contributed by atoms with Crippen LogP contribution in [0, 0.1) is 0 Å². The van der Waals surface area contributed by atoms with Crippen molar-refractivity contribution in [2.75, 3.05) is 0 Å². The van der Waals surface area contributed by atoms with Crippen molar-refractivity contribution < 1.29 is 0 Å². The Hall–Kier alpha value is -2.08. The Morgan fingerprint density at radius 2 is 0.778 bits per heavy atom. The maximum Gasteiger partial charge on any atom is 0.164 e. The fraction of sp³-hybridized carbons (Fsp3) is 0. The first-order valence-electron chi connectivity index (χ1n) is 8.12. The van der Waals surface area contributed by atoms with E-state index in [1.165, 1.54) is 0 Å². The highest BCUT2D eigenvalue weighted by molar-refractivity contribution is 9.10. The van der Waals surface area contributed by atoms with E-state index in [0.717, 1.165) is 25.6 Å². The van der Waals surface area contributed by atoms with Crippen molar-refractivity contribution in [3.63, 3.8) is 0 Å². The van der Waals surface area contributed by atoms with E-state index in [1.807, 2.05) is 72.8 Å². The number of nitrogens with zero attached hydrogens (tertiary/aromatic N) is 3. The summed E-state index contributed by atoms with van der Waals surface area (Å²) < 4.78 is 2.01. The van der Waals surface area contributed by atoms with Gasteiger partial charge in [-0.15, -0.1) is 0 Å². The zero-order valence-electron chi connectivity index (χ0n) is 13.9. The van der Waals surface area contributed by atoms with Crippen LogP contribution in [0.4, 0.5) is 0 Å². The molecule has 3 nitrogen and oxygen atoms in total. The van der Waals surface area contributed by atoms with Crippen molar-refractivity contribution >= 4 is 43.5 Å². The van der Waals surface area contributed by atoms with E-state index >= 15 is 0 Å². The van der Waals surface area contributed by atoms with Crippen LogP contribution < -0.4 is 0 Å².